The second-order valence-corrected chi connectivity index (χ2v) is 7.65. The molecule has 0 radical (unpaired) electrons. The standard InChI is InChI=1S/C23H18ClN5O4/c24-15-3-1-13(2-4-15)10-28-22(32)17-9-16-20(25)18(14-5-7-26-8-6-14)11-27-21(16)29(23(17)33)12-19(30)31/h1-9,11H,10,12H2,(H2,25,27)(H,28,32)(H,30,31). The van der Waals surface area contributed by atoms with Gasteiger partial charge in [0.1, 0.15) is 17.8 Å². The molecule has 4 aromatic rings. The van der Waals surface area contributed by atoms with E-state index in [0.717, 1.165) is 15.7 Å². The van der Waals surface area contributed by atoms with E-state index < -0.39 is 24.0 Å². The number of hydrogen-bond acceptors (Lipinski definition) is 6. The fourth-order valence-corrected chi connectivity index (χ4v) is 3.55. The number of hydrogen-bond donors (Lipinski definition) is 3. The molecule has 0 aliphatic rings. The fourth-order valence-electron chi connectivity index (χ4n) is 3.42. The normalized spacial score (nSPS) is 10.8. The molecule has 166 valence electrons. The zero-order chi connectivity index (χ0) is 23.5. The number of amides is 1. The Morgan fingerprint density at radius 3 is 2.48 bits per heavy atom. The molecule has 0 saturated heterocycles. The molecule has 33 heavy (non-hydrogen) atoms. The molecule has 0 saturated carbocycles. The molecule has 0 fully saturated rings. The van der Waals surface area contributed by atoms with Gasteiger partial charge in [-0.05, 0) is 41.5 Å². The van der Waals surface area contributed by atoms with E-state index in [9.17, 15) is 19.5 Å². The second kappa shape index (κ2) is 9.09. The zero-order valence-corrected chi connectivity index (χ0v) is 17.9. The number of carboxylic acid groups (broad SMARTS) is 1. The van der Waals surface area contributed by atoms with Crippen molar-refractivity contribution in [2.24, 2.45) is 0 Å². The lowest BCUT2D eigenvalue weighted by atomic mass is 10.0. The van der Waals surface area contributed by atoms with Crippen molar-refractivity contribution >= 4 is 40.2 Å². The molecular weight excluding hydrogens is 446 g/mol. The number of aliphatic carboxylic acids is 1. The van der Waals surface area contributed by atoms with Crippen LogP contribution in [0.1, 0.15) is 15.9 Å². The molecule has 4 rings (SSSR count). The van der Waals surface area contributed by atoms with Crippen molar-refractivity contribution in [1.29, 1.82) is 0 Å². The van der Waals surface area contributed by atoms with Crippen molar-refractivity contribution in [3.05, 3.63) is 87.6 Å². The van der Waals surface area contributed by atoms with Gasteiger partial charge in [-0.1, -0.05) is 23.7 Å². The number of nitrogens with one attached hydrogen (secondary N) is 1. The van der Waals surface area contributed by atoms with Crippen LogP contribution in [0.15, 0.2) is 65.8 Å². The number of benzene rings is 1. The van der Waals surface area contributed by atoms with Crippen LogP contribution in [-0.2, 0) is 17.9 Å². The number of carbonyl (C=O) groups is 2. The van der Waals surface area contributed by atoms with Crippen LogP contribution in [0, 0.1) is 0 Å². The van der Waals surface area contributed by atoms with Crippen LogP contribution in [0.25, 0.3) is 22.2 Å². The maximum absolute atomic E-state index is 13.0. The number of nitrogens with zero attached hydrogens (tertiary/aromatic N) is 3. The van der Waals surface area contributed by atoms with Crippen LogP contribution < -0.4 is 16.6 Å². The summed E-state index contributed by atoms with van der Waals surface area (Å²) in [4.78, 5) is 45.6. The van der Waals surface area contributed by atoms with Crippen molar-refractivity contribution in [3.8, 4) is 11.1 Å². The smallest absolute Gasteiger partial charge is 0.323 e. The first-order chi connectivity index (χ1) is 15.8. The first kappa shape index (κ1) is 22.0. The maximum atomic E-state index is 13.0. The summed E-state index contributed by atoms with van der Waals surface area (Å²) in [6.45, 7) is -0.522. The Morgan fingerprint density at radius 2 is 1.82 bits per heavy atom. The zero-order valence-electron chi connectivity index (χ0n) is 17.2. The van der Waals surface area contributed by atoms with E-state index in [1.807, 2.05) is 0 Å². The van der Waals surface area contributed by atoms with Crippen molar-refractivity contribution in [1.82, 2.24) is 19.9 Å². The highest BCUT2D eigenvalue weighted by molar-refractivity contribution is 6.30. The minimum Gasteiger partial charge on any atom is -0.480 e. The van der Waals surface area contributed by atoms with Gasteiger partial charge in [0.05, 0.1) is 5.69 Å². The van der Waals surface area contributed by atoms with Crippen molar-refractivity contribution in [2.75, 3.05) is 5.73 Å². The number of aromatic nitrogens is 3. The van der Waals surface area contributed by atoms with Crippen molar-refractivity contribution < 1.29 is 14.7 Å². The quantitative estimate of drug-likeness (QED) is 0.399. The highest BCUT2D eigenvalue weighted by atomic mass is 35.5. The molecule has 0 aliphatic carbocycles. The summed E-state index contributed by atoms with van der Waals surface area (Å²) in [6.07, 6.45) is 4.66. The minimum absolute atomic E-state index is 0.0759. The van der Waals surface area contributed by atoms with Gasteiger partial charge in [0.2, 0.25) is 0 Å². The van der Waals surface area contributed by atoms with Gasteiger partial charge in [-0.3, -0.25) is 23.9 Å². The number of fused-ring (bicyclic) bond motifs is 1. The molecule has 0 atom stereocenters. The summed E-state index contributed by atoms with van der Waals surface area (Å²) >= 11 is 5.88. The Kier molecular flexibility index (Phi) is 6.05. The third-order valence-electron chi connectivity index (χ3n) is 5.05. The summed E-state index contributed by atoms with van der Waals surface area (Å²) in [5.74, 6) is -1.92. The van der Waals surface area contributed by atoms with Gasteiger partial charge in [-0.15, -0.1) is 0 Å². The topological polar surface area (TPSA) is 140 Å². The average molecular weight is 464 g/mol. The number of halogens is 1. The first-order valence-electron chi connectivity index (χ1n) is 9.82. The van der Waals surface area contributed by atoms with E-state index in [0.29, 0.717) is 16.0 Å². The molecule has 3 heterocycles. The molecule has 1 aromatic carbocycles. The molecule has 0 unspecified atom stereocenters. The van der Waals surface area contributed by atoms with Crippen LogP contribution in [-0.4, -0.2) is 31.5 Å². The summed E-state index contributed by atoms with van der Waals surface area (Å²) < 4.78 is 0.932. The molecule has 3 aromatic heterocycles. The largest absolute Gasteiger partial charge is 0.480 e. The number of nitrogens with two attached hydrogens (primary N) is 1. The maximum Gasteiger partial charge on any atom is 0.323 e. The van der Waals surface area contributed by atoms with Gasteiger partial charge in [-0.2, -0.15) is 0 Å². The molecule has 10 heteroatoms. The summed E-state index contributed by atoms with van der Waals surface area (Å²) in [5, 5.41) is 12.8. The molecule has 0 spiro atoms. The Labute approximate surface area is 192 Å². The number of rotatable bonds is 6. The summed E-state index contributed by atoms with van der Waals surface area (Å²) in [6, 6.07) is 11.7. The Balaban J connectivity index is 1.81. The molecule has 0 aliphatic heterocycles. The lowest BCUT2D eigenvalue weighted by molar-refractivity contribution is -0.137. The number of nitrogen functional groups attached to an aromatic ring is 1. The third kappa shape index (κ3) is 4.53. The summed E-state index contributed by atoms with van der Waals surface area (Å²) in [7, 11) is 0. The van der Waals surface area contributed by atoms with Gasteiger partial charge >= 0.3 is 5.97 Å². The van der Waals surface area contributed by atoms with Crippen LogP contribution in [0.3, 0.4) is 0 Å². The number of pyridine rings is 3. The van der Waals surface area contributed by atoms with E-state index in [-0.39, 0.29) is 23.4 Å². The van der Waals surface area contributed by atoms with Crippen LogP contribution in [0.5, 0.6) is 0 Å². The van der Waals surface area contributed by atoms with E-state index >= 15 is 0 Å². The number of carbonyl (C=O) groups excluding carboxylic acids is 1. The fraction of sp³-hybridized carbons (Fsp3) is 0.0870. The van der Waals surface area contributed by atoms with Crippen LogP contribution in [0.4, 0.5) is 5.69 Å². The highest BCUT2D eigenvalue weighted by Crippen LogP contribution is 2.30. The Morgan fingerprint density at radius 1 is 1.12 bits per heavy atom. The van der Waals surface area contributed by atoms with E-state index in [4.69, 9.17) is 17.3 Å². The van der Waals surface area contributed by atoms with Gasteiger partial charge < -0.3 is 16.2 Å². The first-order valence-corrected chi connectivity index (χ1v) is 10.2. The van der Waals surface area contributed by atoms with Gasteiger partial charge in [0, 0.05) is 41.1 Å². The predicted molar refractivity (Wildman–Crippen MR) is 124 cm³/mol. The molecule has 1 amide bonds. The number of anilines is 1. The monoisotopic (exact) mass is 463 g/mol. The molecule has 9 nitrogen and oxygen atoms in total. The van der Waals surface area contributed by atoms with Crippen LogP contribution >= 0.6 is 11.6 Å². The minimum atomic E-state index is -1.25. The predicted octanol–water partition coefficient (Wildman–Crippen LogP) is 2.71. The Bertz CT molecular complexity index is 1420. The Hall–Kier alpha value is -4.24. The van der Waals surface area contributed by atoms with Crippen molar-refractivity contribution in [2.45, 2.75) is 13.1 Å². The van der Waals surface area contributed by atoms with E-state index in [1.165, 1.54) is 12.3 Å². The molecular formula is C23H18ClN5O4. The SMILES string of the molecule is Nc1c(-c2ccncc2)cnc2c1cc(C(=O)NCc1ccc(Cl)cc1)c(=O)n2CC(=O)O. The van der Waals surface area contributed by atoms with Gasteiger partial charge in [-0.25, -0.2) is 4.98 Å². The lowest BCUT2D eigenvalue weighted by Crippen LogP contribution is -2.34. The number of carboxylic acids is 1. The van der Waals surface area contributed by atoms with Gasteiger partial charge in [0.25, 0.3) is 11.5 Å². The second-order valence-electron chi connectivity index (χ2n) is 7.21. The summed E-state index contributed by atoms with van der Waals surface area (Å²) in [5.41, 5.74) is 7.79. The third-order valence-corrected chi connectivity index (χ3v) is 5.30. The lowest BCUT2D eigenvalue weighted by Gasteiger charge is -2.14. The molecule has 4 N–H and O–H groups in total. The average Bonchev–Trinajstić information content (AvgIpc) is 2.81. The van der Waals surface area contributed by atoms with Crippen molar-refractivity contribution in [3.63, 3.8) is 0 Å². The molecule has 0 bridgehead atoms. The van der Waals surface area contributed by atoms with Crippen LogP contribution in [0.2, 0.25) is 5.02 Å². The van der Waals surface area contributed by atoms with Gasteiger partial charge in [0.15, 0.2) is 0 Å². The van der Waals surface area contributed by atoms with E-state index in [2.05, 4.69) is 15.3 Å². The highest BCUT2D eigenvalue weighted by Gasteiger charge is 2.20. The van der Waals surface area contributed by atoms with E-state index in [1.54, 1.807) is 48.8 Å².